The molecule has 290 valence electrons. The van der Waals surface area contributed by atoms with Gasteiger partial charge in [0.2, 0.25) is 17.6 Å². The number of ketones is 2. The van der Waals surface area contributed by atoms with Gasteiger partial charge in [0.05, 0.1) is 6.04 Å². The number of carbonyl (C=O) groups excluding carboxylic acids is 6. The number of amides is 5. The van der Waals surface area contributed by atoms with Gasteiger partial charge in [-0.2, -0.15) is 0 Å². The van der Waals surface area contributed by atoms with Crippen LogP contribution in [0.3, 0.4) is 0 Å². The molecule has 1 aliphatic heterocycles. The first kappa shape index (κ1) is 38.7. The lowest BCUT2D eigenvalue weighted by molar-refractivity contribution is -0.145. The summed E-state index contributed by atoms with van der Waals surface area (Å²) in [5.41, 5.74) is -1.54. The van der Waals surface area contributed by atoms with Gasteiger partial charge in [0.15, 0.2) is 0 Å². The van der Waals surface area contributed by atoms with Crippen molar-refractivity contribution in [2.24, 2.45) is 28.1 Å². The Morgan fingerprint density at radius 1 is 0.808 bits per heavy atom. The SMILES string of the molecule is CCCC(NC(=O)[C@@H]1[C@H]2CCC3(CC3)[C@H]2CN1C(=O)[C@@H](NC(=O)NC1(CC(=O)C(C)(C)C)CCCCC1)C1(C)CCCCC1)C(=O)C(=O)NC1CC1. The van der Waals surface area contributed by atoms with Crippen LogP contribution in [0, 0.1) is 28.1 Å². The molecule has 0 bridgehead atoms. The summed E-state index contributed by atoms with van der Waals surface area (Å²) in [6.45, 7) is 10.2. The number of carbonyl (C=O) groups is 6. The summed E-state index contributed by atoms with van der Waals surface area (Å²) in [4.78, 5) is 84.9. The molecule has 0 aromatic heterocycles. The molecule has 4 N–H and O–H groups in total. The van der Waals surface area contributed by atoms with Gasteiger partial charge >= 0.3 is 6.03 Å². The minimum atomic E-state index is -0.957. The molecule has 11 heteroatoms. The fraction of sp³-hybridized carbons (Fsp3) is 0.854. The van der Waals surface area contributed by atoms with Crippen LogP contribution >= 0.6 is 0 Å². The van der Waals surface area contributed by atoms with E-state index in [1.165, 1.54) is 0 Å². The second kappa shape index (κ2) is 15.0. The molecule has 6 aliphatic rings. The summed E-state index contributed by atoms with van der Waals surface area (Å²) in [7, 11) is 0. The topological polar surface area (TPSA) is 154 Å². The molecule has 5 saturated carbocycles. The Kier molecular flexibility index (Phi) is 11.2. The monoisotopic (exact) mass is 723 g/mol. The van der Waals surface area contributed by atoms with Gasteiger partial charge in [-0.3, -0.25) is 24.0 Å². The molecule has 6 rings (SSSR count). The number of hydrogen-bond acceptors (Lipinski definition) is 6. The Morgan fingerprint density at radius 2 is 1.44 bits per heavy atom. The van der Waals surface area contributed by atoms with E-state index in [2.05, 4.69) is 28.2 Å². The van der Waals surface area contributed by atoms with Crippen molar-refractivity contribution in [3.63, 3.8) is 0 Å². The van der Waals surface area contributed by atoms with E-state index in [9.17, 15) is 24.0 Å². The highest BCUT2D eigenvalue weighted by atomic mass is 16.2. The van der Waals surface area contributed by atoms with Crippen LogP contribution in [0.4, 0.5) is 4.79 Å². The molecule has 0 aromatic carbocycles. The van der Waals surface area contributed by atoms with E-state index in [0.717, 1.165) is 89.9 Å². The third kappa shape index (κ3) is 8.23. The summed E-state index contributed by atoms with van der Waals surface area (Å²) in [5, 5.41) is 12.2. The lowest BCUT2D eigenvalue weighted by atomic mass is 9.70. The van der Waals surface area contributed by atoms with Crippen molar-refractivity contribution in [1.82, 2.24) is 26.2 Å². The van der Waals surface area contributed by atoms with Gasteiger partial charge in [0.25, 0.3) is 5.91 Å². The Morgan fingerprint density at radius 3 is 2.02 bits per heavy atom. The van der Waals surface area contributed by atoms with E-state index < -0.39 is 52.2 Å². The fourth-order valence-corrected chi connectivity index (χ4v) is 10.3. The Labute approximate surface area is 310 Å². The maximum absolute atomic E-state index is 15.1. The average molecular weight is 724 g/mol. The van der Waals surface area contributed by atoms with E-state index in [1.54, 1.807) is 4.90 Å². The zero-order chi connectivity index (χ0) is 37.5. The highest BCUT2D eigenvalue weighted by molar-refractivity contribution is 6.38. The highest BCUT2D eigenvalue weighted by Gasteiger charge is 2.64. The summed E-state index contributed by atoms with van der Waals surface area (Å²) in [6.07, 6.45) is 15.9. The third-order valence-electron chi connectivity index (χ3n) is 13.9. The number of nitrogens with zero attached hydrogens (tertiary/aromatic N) is 1. The first-order chi connectivity index (χ1) is 24.6. The van der Waals surface area contributed by atoms with Crippen LogP contribution in [0.5, 0.6) is 0 Å². The van der Waals surface area contributed by atoms with Crippen LogP contribution in [0.25, 0.3) is 0 Å². The summed E-state index contributed by atoms with van der Waals surface area (Å²) in [5.74, 6) is -1.64. The predicted molar refractivity (Wildman–Crippen MR) is 198 cm³/mol. The number of nitrogens with one attached hydrogen (secondary N) is 4. The van der Waals surface area contributed by atoms with E-state index in [4.69, 9.17) is 0 Å². The van der Waals surface area contributed by atoms with E-state index >= 15 is 4.79 Å². The van der Waals surface area contributed by atoms with Gasteiger partial charge in [-0.25, -0.2) is 4.79 Å². The van der Waals surface area contributed by atoms with Gasteiger partial charge in [-0.1, -0.05) is 79.6 Å². The third-order valence-corrected chi connectivity index (χ3v) is 13.9. The van der Waals surface area contributed by atoms with Crippen LogP contribution in [0.15, 0.2) is 0 Å². The largest absolute Gasteiger partial charge is 0.347 e. The summed E-state index contributed by atoms with van der Waals surface area (Å²) >= 11 is 0. The molecule has 1 saturated heterocycles. The van der Waals surface area contributed by atoms with Crippen molar-refractivity contribution in [3.05, 3.63) is 0 Å². The lowest BCUT2D eigenvalue weighted by Crippen LogP contribution is -2.64. The first-order valence-corrected chi connectivity index (χ1v) is 20.7. The molecule has 52 heavy (non-hydrogen) atoms. The summed E-state index contributed by atoms with van der Waals surface area (Å²) in [6, 6.07) is -2.98. The number of Topliss-reactive ketones (excluding diaryl/α,β-unsaturated/α-hetero) is 2. The quantitative estimate of drug-likeness (QED) is 0.185. The molecule has 0 radical (unpaired) electrons. The molecule has 5 amide bonds. The standard InChI is InChI=1S/C41H65N5O6/c1-6-13-29(32(48)35(50)42-26-14-15-26)43-34(49)31-27-16-21-40(22-23-40)28(27)25-46(31)36(51)33(39(5)17-9-7-10-18-39)44-37(52)45-41(19-11-8-12-20-41)24-30(47)38(2,3)4/h26-29,31,33H,6-25H2,1-5H3,(H,42,50)(H,43,49)(H2,44,45,52)/t27-,28-,29?,31-,33+/m0/s1. The van der Waals surface area contributed by atoms with E-state index in [0.29, 0.717) is 32.2 Å². The van der Waals surface area contributed by atoms with E-state index in [1.807, 2.05) is 27.7 Å². The Bertz CT molecular complexity index is 1400. The van der Waals surface area contributed by atoms with Gasteiger partial charge in [0.1, 0.15) is 17.9 Å². The maximum atomic E-state index is 15.1. The Hall–Kier alpha value is -2.98. The van der Waals surface area contributed by atoms with Gasteiger partial charge in [0, 0.05) is 30.0 Å². The molecule has 6 fully saturated rings. The number of rotatable bonds is 13. The lowest BCUT2D eigenvalue weighted by Gasteiger charge is -2.44. The van der Waals surface area contributed by atoms with Gasteiger partial charge in [-0.15, -0.1) is 0 Å². The number of hydrogen-bond donors (Lipinski definition) is 4. The Balaban J connectivity index is 1.25. The molecule has 1 heterocycles. The second-order valence-electron chi connectivity index (χ2n) is 19.0. The van der Waals surface area contributed by atoms with Crippen LogP contribution in [-0.2, 0) is 24.0 Å². The molecule has 5 aliphatic carbocycles. The van der Waals surface area contributed by atoms with E-state index in [-0.39, 0.29) is 47.3 Å². The zero-order valence-corrected chi connectivity index (χ0v) is 32.5. The van der Waals surface area contributed by atoms with Crippen molar-refractivity contribution < 1.29 is 28.8 Å². The summed E-state index contributed by atoms with van der Waals surface area (Å²) < 4.78 is 0. The van der Waals surface area contributed by atoms with Crippen molar-refractivity contribution >= 4 is 35.3 Å². The average Bonchev–Trinajstić information content (AvgIpc) is 4.01. The van der Waals surface area contributed by atoms with Gasteiger partial charge < -0.3 is 26.2 Å². The smallest absolute Gasteiger partial charge is 0.315 e. The molecule has 0 aromatic rings. The van der Waals surface area contributed by atoms with Crippen molar-refractivity contribution in [3.8, 4) is 0 Å². The molecule has 5 atom stereocenters. The number of urea groups is 1. The predicted octanol–water partition coefficient (Wildman–Crippen LogP) is 5.48. The van der Waals surface area contributed by atoms with Crippen molar-refractivity contribution in [2.75, 3.05) is 6.54 Å². The molecular formula is C41H65N5O6. The molecule has 1 spiro atoms. The highest BCUT2D eigenvalue weighted by Crippen LogP contribution is 2.66. The normalized spacial score (nSPS) is 28.2. The maximum Gasteiger partial charge on any atom is 0.315 e. The molecular weight excluding hydrogens is 658 g/mol. The van der Waals surface area contributed by atoms with Crippen LogP contribution in [0.1, 0.15) is 157 Å². The molecule has 11 nitrogen and oxygen atoms in total. The number of fused-ring (bicyclic) bond motifs is 2. The van der Waals surface area contributed by atoms with Crippen molar-refractivity contribution in [1.29, 1.82) is 0 Å². The fourth-order valence-electron chi connectivity index (χ4n) is 10.3. The zero-order valence-electron chi connectivity index (χ0n) is 32.5. The van der Waals surface area contributed by atoms with Crippen LogP contribution in [0.2, 0.25) is 0 Å². The molecule has 1 unspecified atom stereocenters. The second-order valence-corrected chi connectivity index (χ2v) is 19.0. The van der Waals surface area contributed by atoms with Crippen molar-refractivity contribution in [2.45, 2.75) is 186 Å². The van der Waals surface area contributed by atoms with Gasteiger partial charge in [-0.05, 0) is 93.3 Å². The minimum Gasteiger partial charge on any atom is -0.347 e. The van der Waals surface area contributed by atoms with Crippen LogP contribution in [-0.4, -0.2) is 76.5 Å². The first-order valence-electron chi connectivity index (χ1n) is 20.7. The number of likely N-dealkylation sites (tertiary alicyclic amines) is 1. The minimum absolute atomic E-state index is 0.0288. The van der Waals surface area contributed by atoms with Crippen LogP contribution < -0.4 is 21.3 Å².